The average molecular weight is 514 g/mol. The van der Waals surface area contributed by atoms with E-state index in [0.717, 1.165) is 55.3 Å². The normalized spacial score (nSPS) is 11.4. The van der Waals surface area contributed by atoms with Gasteiger partial charge in [-0.1, -0.05) is 24.3 Å². The molecule has 0 amide bonds. The molecule has 0 unspecified atom stereocenters. The monoisotopic (exact) mass is 513 g/mol. The molecule has 3 aromatic carbocycles. The van der Waals surface area contributed by atoms with Crippen LogP contribution in [0.25, 0.3) is 32.8 Å². The molecule has 0 saturated heterocycles. The summed E-state index contributed by atoms with van der Waals surface area (Å²) in [6.45, 7) is 8.70. The molecule has 0 aliphatic rings. The van der Waals surface area contributed by atoms with Crippen molar-refractivity contribution in [3.63, 3.8) is 0 Å². The number of rotatable bonds is 8. The minimum atomic E-state index is -0.362. The van der Waals surface area contributed by atoms with Crippen LogP contribution in [-0.2, 0) is 18.2 Å². The van der Waals surface area contributed by atoms with Crippen molar-refractivity contribution in [2.24, 2.45) is 7.05 Å². The van der Waals surface area contributed by atoms with Crippen LogP contribution >= 0.6 is 0 Å². The van der Waals surface area contributed by atoms with Crippen LogP contribution in [0.4, 0.5) is 4.39 Å². The van der Waals surface area contributed by atoms with E-state index in [2.05, 4.69) is 36.1 Å². The van der Waals surface area contributed by atoms with Crippen LogP contribution in [0.1, 0.15) is 46.3 Å². The van der Waals surface area contributed by atoms with Crippen molar-refractivity contribution in [2.75, 3.05) is 13.2 Å². The fourth-order valence-corrected chi connectivity index (χ4v) is 5.30. The van der Waals surface area contributed by atoms with E-state index >= 15 is 0 Å². The zero-order valence-corrected chi connectivity index (χ0v) is 22.4. The maximum atomic E-state index is 13.6. The van der Waals surface area contributed by atoms with Crippen LogP contribution in [0.3, 0.4) is 0 Å². The van der Waals surface area contributed by atoms with Gasteiger partial charge in [-0.3, -0.25) is 4.68 Å². The molecule has 1 N–H and O–H groups in total. The first kappa shape index (κ1) is 25.5. The topological polar surface area (TPSA) is 69.1 Å². The molecule has 2 heterocycles. The van der Waals surface area contributed by atoms with Gasteiger partial charge in [0, 0.05) is 34.6 Å². The quantitative estimate of drug-likeness (QED) is 0.180. The number of hydrogen-bond donors (Lipinski definition) is 1. The minimum absolute atomic E-state index is 0.272. The van der Waals surface area contributed by atoms with Gasteiger partial charge in [-0.05, 0) is 81.3 Å². The lowest BCUT2D eigenvalue weighted by molar-refractivity contribution is 0.0519. The second-order valence-electron chi connectivity index (χ2n) is 9.62. The number of carbonyl (C=O) groups is 1. The van der Waals surface area contributed by atoms with E-state index in [4.69, 9.17) is 9.47 Å². The molecule has 5 rings (SSSR count). The Morgan fingerprint density at radius 3 is 2.58 bits per heavy atom. The summed E-state index contributed by atoms with van der Waals surface area (Å²) in [6.07, 6.45) is 1.31. The fraction of sp³-hybridized carbons (Fsp3) is 0.290. The molecule has 38 heavy (non-hydrogen) atoms. The van der Waals surface area contributed by atoms with Crippen LogP contribution < -0.4 is 4.74 Å². The lowest BCUT2D eigenvalue weighted by atomic mass is 9.94. The van der Waals surface area contributed by atoms with Gasteiger partial charge in [-0.2, -0.15) is 5.10 Å². The van der Waals surface area contributed by atoms with E-state index in [1.807, 2.05) is 43.8 Å². The van der Waals surface area contributed by atoms with Gasteiger partial charge in [-0.25, -0.2) is 9.18 Å². The first-order valence-electron chi connectivity index (χ1n) is 12.9. The van der Waals surface area contributed by atoms with Gasteiger partial charge in [-0.15, -0.1) is 0 Å². The van der Waals surface area contributed by atoms with Crippen molar-refractivity contribution in [3.05, 3.63) is 82.6 Å². The summed E-state index contributed by atoms with van der Waals surface area (Å²) in [5, 5.41) is 7.29. The van der Waals surface area contributed by atoms with Gasteiger partial charge >= 0.3 is 5.97 Å². The predicted octanol–water partition coefficient (Wildman–Crippen LogP) is 6.97. The number of ether oxygens (including phenoxy) is 2. The molecule has 0 fully saturated rings. The summed E-state index contributed by atoms with van der Waals surface area (Å²) >= 11 is 0. The Morgan fingerprint density at radius 1 is 1.05 bits per heavy atom. The van der Waals surface area contributed by atoms with Crippen molar-refractivity contribution in [1.82, 2.24) is 14.8 Å². The number of esters is 1. The van der Waals surface area contributed by atoms with Gasteiger partial charge in [0.2, 0.25) is 0 Å². The van der Waals surface area contributed by atoms with Crippen molar-refractivity contribution in [1.29, 1.82) is 0 Å². The predicted molar refractivity (Wildman–Crippen MR) is 148 cm³/mol. The summed E-state index contributed by atoms with van der Waals surface area (Å²) in [6, 6.07) is 14.5. The van der Waals surface area contributed by atoms with Gasteiger partial charge in [0.1, 0.15) is 17.3 Å². The Morgan fingerprint density at radius 2 is 1.84 bits per heavy atom. The second kappa shape index (κ2) is 10.3. The highest BCUT2D eigenvalue weighted by Gasteiger charge is 2.24. The number of halogens is 1. The van der Waals surface area contributed by atoms with Crippen molar-refractivity contribution in [2.45, 2.75) is 40.5 Å². The van der Waals surface area contributed by atoms with E-state index < -0.39 is 0 Å². The highest BCUT2D eigenvalue weighted by molar-refractivity contribution is 6.04. The number of H-pyrrole nitrogens is 1. The van der Waals surface area contributed by atoms with E-state index in [-0.39, 0.29) is 11.8 Å². The summed E-state index contributed by atoms with van der Waals surface area (Å²) < 4.78 is 27.0. The molecule has 0 aliphatic heterocycles. The van der Waals surface area contributed by atoms with Gasteiger partial charge in [0.25, 0.3) is 0 Å². The summed E-state index contributed by atoms with van der Waals surface area (Å²) in [7, 11) is 1.94. The third-order valence-corrected chi connectivity index (χ3v) is 7.16. The van der Waals surface area contributed by atoms with Crippen LogP contribution in [-0.4, -0.2) is 33.9 Å². The number of nitrogens with one attached hydrogen (secondary N) is 1. The SMILES string of the molecule is CCOC(=O)c1[nH]c2c(-c3c(C)nn(C)c3C)c(C)ccc2c1CCCOc1cccc2cc(F)ccc12. The smallest absolute Gasteiger partial charge is 0.355 e. The second-order valence-corrected chi connectivity index (χ2v) is 9.62. The third kappa shape index (κ3) is 4.53. The molecule has 0 spiro atoms. The Kier molecular flexibility index (Phi) is 6.93. The number of benzene rings is 3. The molecule has 0 radical (unpaired) electrons. The lowest BCUT2D eigenvalue weighted by Gasteiger charge is -2.11. The Bertz CT molecular complexity index is 1660. The summed E-state index contributed by atoms with van der Waals surface area (Å²) in [5.41, 5.74) is 7.56. The van der Waals surface area contributed by atoms with Crippen molar-refractivity contribution in [3.8, 4) is 16.9 Å². The highest BCUT2D eigenvalue weighted by Crippen LogP contribution is 2.38. The molecule has 196 valence electrons. The largest absolute Gasteiger partial charge is 0.493 e. The number of hydrogen-bond acceptors (Lipinski definition) is 4. The van der Waals surface area contributed by atoms with E-state index in [1.54, 1.807) is 6.07 Å². The standard InChI is InChI=1S/C31H32FN3O3/c1-6-37-31(36)30-24(10-8-16-38-26-11-7-9-21-17-22(32)13-15-23(21)26)25-14-12-18(2)27(29(25)33-30)28-19(3)34-35(5)20(28)4/h7,9,11-15,17,33H,6,8,10,16H2,1-5H3. The van der Waals surface area contributed by atoms with Gasteiger partial charge in [0.15, 0.2) is 0 Å². The molecular weight excluding hydrogens is 481 g/mol. The molecule has 0 bridgehead atoms. The zero-order chi connectivity index (χ0) is 27.0. The summed E-state index contributed by atoms with van der Waals surface area (Å²) in [5.74, 6) is 0.0816. The number of carbonyl (C=O) groups excluding carboxylic acids is 1. The first-order chi connectivity index (χ1) is 18.3. The molecule has 6 nitrogen and oxygen atoms in total. The van der Waals surface area contributed by atoms with Crippen LogP contribution in [0.2, 0.25) is 0 Å². The Labute approximate surface area is 221 Å². The number of nitrogens with zero attached hydrogens (tertiary/aromatic N) is 2. The number of aromatic nitrogens is 3. The molecule has 7 heteroatoms. The number of aryl methyl sites for hydroxylation is 4. The van der Waals surface area contributed by atoms with Crippen LogP contribution in [0.5, 0.6) is 5.75 Å². The molecule has 0 saturated carbocycles. The lowest BCUT2D eigenvalue weighted by Crippen LogP contribution is -2.09. The maximum absolute atomic E-state index is 13.6. The van der Waals surface area contributed by atoms with Crippen LogP contribution in [0, 0.1) is 26.6 Å². The maximum Gasteiger partial charge on any atom is 0.355 e. The van der Waals surface area contributed by atoms with Crippen molar-refractivity contribution >= 4 is 27.6 Å². The number of aromatic amines is 1. The summed E-state index contributed by atoms with van der Waals surface area (Å²) in [4.78, 5) is 16.4. The average Bonchev–Trinajstić information content (AvgIpc) is 3.38. The molecule has 0 aliphatic carbocycles. The molecular formula is C31H32FN3O3. The minimum Gasteiger partial charge on any atom is -0.493 e. The van der Waals surface area contributed by atoms with E-state index in [9.17, 15) is 9.18 Å². The molecule has 2 aromatic heterocycles. The Hall–Kier alpha value is -4.13. The van der Waals surface area contributed by atoms with E-state index in [1.165, 1.54) is 12.1 Å². The highest BCUT2D eigenvalue weighted by atomic mass is 19.1. The van der Waals surface area contributed by atoms with E-state index in [0.29, 0.717) is 37.5 Å². The zero-order valence-electron chi connectivity index (χ0n) is 22.4. The number of fused-ring (bicyclic) bond motifs is 2. The fourth-order valence-electron chi connectivity index (χ4n) is 5.30. The van der Waals surface area contributed by atoms with Crippen LogP contribution in [0.15, 0.2) is 48.5 Å². The van der Waals surface area contributed by atoms with Gasteiger partial charge < -0.3 is 14.5 Å². The molecule has 5 aromatic rings. The van der Waals surface area contributed by atoms with Gasteiger partial charge in [0.05, 0.1) is 24.4 Å². The third-order valence-electron chi connectivity index (χ3n) is 7.16. The Balaban J connectivity index is 1.48. The van der Waals surface area contributed by atoms with Crippen molar-refractivity contribution < 1.29 is 18.7 Å². The first-order valence-corrected chi connectivity index (χ1v) is 12.9. The molecule has 0 atom stereocenters.